The van der Waals surface area contributed by atoms with Gasteiger partial charge in [-0.1, -0.05) is 64.4 Å². The predicted octanol–water partition coefficient (Wildman–Crippen LogP) is 7.29. The maximum Gasteiger partial charge on any atom is 0.307 e. The van der Waals surface area contributed by atoms with E-state index in [1.165, 1.54) is 29.4 Å². The molecule has 0 bridgehead atoms. The third-order valence-electron chi connectivity index (χ3n) is 7.02. The maximum absolute atomic E-state index is 11.6. The first-order chi connectivity index (χ1) is 21.6. The quantitative estimate of drug-likeness (QED) is 0.125. The topological polar surface area (TPSA) is 108 Å². The molecule has 0 aliphatic rings. The Hall–Kier alpha value is -3.96. The van der Waals surface area contributed by atoms with E-state index in [4.69, 9.17) is 20.5 Å². The Morgan fingerprint density at radius 3 is 2.18 bits per heavy atom. The number of nitrogens with zero attached hydrogens (tertiary/aromatic N) is 3. The van der Waals surface area contributed by atoms with Crippen molar-refractivity contribution in [2.75, 3.05) is 26.9 Å². The van der Waals surface area contributed by atoms with Crippen LogP contribution in [0.15, 0.2) is 106 Å². The lowest BCUT2D eigenvalue weighted by Crippen LogP contribution is -2.29. The summed E-state index contributed by atoms with van der Waals surface area (Å²) in [4.78, 5) is 31.8. The zero-order chi connectivity index (χ0) is 32.5. The number of H-pyrrole nitrogens is 1. The Kier molecular flexibility index (Phi) is 11.6. The summed E-state index contributed by atoms with van der Waals surface area (Å²) in [6, 6.07) is 26.4. The van der Waals surface area contributed by atoms with Crippen LogP contribution in [0.5, 0.6) is 0 Å². The van der Waals surface area contributed by atoms with Crippen molar-refractivity contribution in [2.45, 2.75) is 48.7 Å². The average Bonchev–Trinajstić information content (AvgIpc) is 3.48. The summed E-state index contributed by atoms with van der Waals surface area (Å²) in [5, 5.41) is 5.31. The molecule has 5 rings (SSSR count). The first kappa shape index (κ1) is 33.9. The molecule has 1 N–H and O–H groups in total. The molecule has 2 aromatic heterocycles. The van der Waals surface area contributed by atoms with E-state index >= 15 is 0 Å². The summed E-state index contributed by atoms with van der Waals surface area (Å²) < 4.78 is 18.3. The molecule has 0 aliphatic heterocycles. The van der Waals surface area contributed by atoms with Crippen molar-refractivity contribution >= 4 is 38.9 Å². The van der Waals surface area contributed by atoms with E-state index in [-0.39, 0.29) is 22.7 Å². The van der Waals surface area contributed by atoms with Crippen LogP contribution in [0.4, 0.5) is 0 Å². The number of carbonyl (C=O) groups excluding carboxylic acids is 1. The molecule has 5 aromatic rings. The number of aromatic amines is 1. The number of hydrogen-bond acceptors (Lipinski definition) is 7. The van der Waals surface area contributed by atoms with Gasteiger partial charge in [-0.05, 0) is 69.7 Å². The smallest absolute Gasteiger partial charge is 0.307 e. The average molecular weight is 651 g/mol. The fourth-order valence-electron chi connectivity index (χ4n) is 4.82. The van der Waals surface area contributed by atoms with Gasteiger partial charge >= 0.3 is 5.97 Å². The van der Waals surface area contributed by atoms with Crippen LogP contribution in [0.2, 0.25) is 5.02 Å². The van der Waals surface area contributed by atoms with Crippen LogP contribution in [0.3, 0.4) is 0 Å². The van der Waals surface area contributed by atoms with Crippen LogP contribution >= 0.6 is 21.9 Å². The molecular weight excluding hydrogens is 612 g/mol. The Bertz CT molecular complexity index is 1710. The van der Waals surface area contributed by atoms with Crippen molar-refractivity contribution in [1.29, 1.82) is 0 Å². The van der Waals surface area contributed by atoms with E-state index in [0.29, 0.717) is 35.9 Å². The van der Waals surface area contributed by atoms with Gasteiger partial charge in [-0.15, -0.1) is 0 Å². The SMILES string of the molecule is COC(=O)CCOCCOS(c1ccccc1)(c1ccccc1)C(C)(C)C.Cc1c(Cl)cccc1-n1ncc2c(=O)[nH]cnc21. The standard InChI is InChI=1S/C22H30O4S.C12H9ClN4O/c1-22(2,3)27(19-11-7-5-8-12-19,20-13-9-6-10-14-20)26-18-17-25-16-15-21(23)24-4;1-7-9(13)3-2-4-10(7)17-11-8(5-16-17)12(18)15-6-14-11/h5-14H,15-18H2,1-4H3;2-6H,1H3,(H,14,15,18). The van der Waals surface area contributed by atoms with E-state index in [1.807, 2.05) is 37.3 Å². The number of carbonyl (C=O) groups is 1. The summed E-state index contributed by atoms with van der Waals surface area (Å²) in [6.07, 6.45) is 3.12. The molecule has 238 valence electrons. The zero-order valence-electron chi connectivity index (χ0n) is 26.2. The van der Waals surface area contributed by atoms with Crippen LogP contribution < -0.4 is 5.56 Å². The van der Waals surface area contributed by atoms with Gasteiger partial charge in [0.1, 0.15) is 5.39 Å². The van der Waals surface area contributed by atoms with Crippen LogP contribution in [0.1, 0.15) is 32.8 Å². The van der Waals surface area contributed by atoms with Crippen LogP contribution in [-0.2, 0) is 18.5 Å². The first-order valence-electron chi connectivity index (χ1n) is 14.5. The Morgan fingerprint density at radius 2 is 1.58 bits per heavy atom. The van der Waals surface area contributed by atoms with Crippen molar-refractivity contribution in [3.63, 3.8) is 0 Å². The number of methoxy groups -OCH3 is 1. The molecular formula is C34H39ClN4O5S. The summed E-state index contributed by atoms with van der Waals surface area (Å²) >= 11 is 6.08. The summed E-state index contributed by atoms with van der Waals surface area (Å²) in [5.74, 6) is -0.265. The van der Waals surface area contributed by atoms with Gasteiger partial charge < -0.3 is 18.6 Å². The lowest BCUT2D eigenvalue weighted by molar-refractivity contribution is -0.141. The highest BCUT2D eigenvalue weighted by molar-refractivity contribution is 8.31. The van der Waals surface area contributed by atoms with Crippen molar-refractivity contribution in [2.24, 2.45) is 0 Å². The second-order valence-corrected chi connectivity index (χ2v) is 14.9. The molecule has 3 aromatic carbocycles. The fraction of sp³-hybridized carbons (Fsp3) is 0.294. The number of esters is 1. The predicted molar refractivity (Wildman–Crippen MR) is 179 cm³/mol. The molecule has 0 unspecified atom stereocenters. The van der Waals surface area contributed by atoms with Crippen LogP contribution in [-0.4, -0.2) is 57.4 Å². The molecule has 2 heterocycles. The third kappa shape index (κ3) is 7.83. The number of benzene rings is 3. The van der Waals surface area contributed by atoms with Crippen LogP contribution in [0, 0.1) is 6.92 Å². The summed E-state index contributed by atoms with van der Waals surface area (Å²) in [6.45, 7) is 9.79. The Labute approximate surface area is 270 Å². The van der Waals surface area contributed by atoms with E-state index in [1.54, 1.807) is 4.68 Å². The van der Waals surface area contributed by atoms with Crippen molar-refractivity contribution in [3.8, 4) is 5.69 Å². The highest BCUT2D eigenvalue weighted by Gasteiger charge is 2.41. The Balaban J connectivity index is 0.000000220. The number of nitrogens with one attached hydrogen (secondary N) is 1. The highest BCUT2D eigenvalue weighted by atomic mass is 35.5. The summed E-state index contributed by atoms with van der Waals surface area (Å²) in [7, 11) is -0.369. The summed E-state index contributed by atoms with van der Waals surface area (Å²) in [5.41, 5.74) is 2.02. The van der Waals surface area contributed by atoms with Crippen LogP contribution in [0.25, 0.3) is 16.7 Å². The van der Waals surface area contributed by atoms with Gasteiger partial charge in [-0.3, -0.25) is 9.59 Å². The number of hydrogen-bond donors (Lipinski definition) is 1. The maximum atomic E-state index is 11.6. The van der Waals surface area contributed by atoms with Crippen molar-refractivity contribution in [1.82, 2.24) is 19.7 Å². The normalized spacial score (nSPS) is 12.0. The molecule has 0 saturated carbocycles. The van der Waals surface area contributed by atoms with E-state index in [0.717, 1.165) is 11.3 Å². The molecule has 11 heteroatoms. The molecule has 45 heavy (non-hydrogen) atoms. The van der Waals surface area contributed by atoms with Gasteiger partial charge in [-0.25, -0.2) is 9.67 Å². The lowest BCUT2D eigenvalue weighted by Gasteiger charge is -2.50. The molecule has 9 nitrogen and oxygen atoms in total. The van der Waals surface area contributed by atoms with Gasteiger partial charge in [0.25, 0.3) is 5.56 Å². The van der Waals surface area contributed by atoms with Crippen molar-refractivity contribution in [3.05, 3.63) is 112 Å². The molecule has 0 fully saturated rings. The highest BCUT2D eigenvalue weighted by Crippen LogP contribution is 2.71. The third-order valence-corrected chi connectivity index (χ3v) is 11.5. The minimum Gasteiger partial charge on any atom is -0.469 e. The largest absolute Gasteiger partial charge is 0.469 e. The first-order valence-corrected chi connectivity index (χ1v) is 16.4. The number of aromatic nitrogens is 4. The van der Waals surface area contributed by atoms with Gasteiger partial charge in [0.15, 0.2) is 5.65 Å². The molecule has 0 radical (unpaired) electrons. The molecule has 0 saturated heterocycles. The Morgan fingerprint density at radius 1 is 0.933 bits per heavy atom. The second kappa shape index (κ2) is 15.4. The second-order valence-electron chi connectivity index (χ2n) is 11.0. The van der Waals surface area contributed by atoms with E-state index < -0.39 is 10.3 Å². The number of fused-ring (bicyclic) bond motifs is 1. The fourth-order valence-corrected chi connectivity index (χ4v) is 8.70. The number of ether oxygens (including phenoxy) is 2. The van der Waals surface area contributed by atoms with E-state index in [9.17, 15) is 9.59 Å². The minimum absolute atomic E-state index is 0.109. The molecule has 0 amide bonds. The van der Waals surface area contributed by atoms with E-state index in [2.05, 4.69) is 89.1 Å². The zero-order valence-corrected chi connectivity index (χ0v) is 27.7. The minimum atomic E-state index is -1.75. The van der Waals surface area contributed by atoms with Gasteiger partial charge in [0, 0.05) is 19.6 Å². The monoisotopic (exact) mass is 650 g/mol. The van der Waals surface area contributed by atoms with Gasteiger partial charge in [0.05, 0.1) is 51.6 Å². The molecule has 0 aliphatic carbocycles. The lowest BCUT2D eigenvalue weighted by atomic mass is 10.2. The molecule has 0 spiro atoms. The van der Waals surface area contributed by atoms with Gasteiger partial charge in [0.2, 0.25) is 0 Å². The number of halogens is 1. The van der Waals surface area contributed by atoms with Crippen molar-refractivity contribution < 1.29 is 18.5 Å². The molecule has 0 atom stereocenters. The number of rotatable bonds is 10. The van der Waals surface area contributed by atoms with Gasteiger partial charge in [-0.2, -0.15) is 5.10 Å².